The van der Waals surface area contributed by atoms with Crippen LogP contribution in [0.25, 0.3) is 0 Å². The summed E-state index contributed by atoms with van der Waals surface area (Å²) >= 11 is 0. The van der Waals surface area contributed by atoms with E-state index in [0.29, 0.717) is 11.3 Å². The van der Waals surface area contributed by atoms with Gasteiger partial charge >= 0.3 is 0 Å². The molecule has 0 heterocycles. The van der Waals surface area contributed by atoms with Gasteiger partial charge in [-0.1, -0.05) is 19.1 Å². The fourth-order valence-corrected chi connectivity index (χ4v) is 3.90. The third kappa shape index (κ3) is 5.13. The lowest BCUT2D eigenvalue weighted by Crippen LogP contribution is -2.47. The molecule has 0 aliphatic heterocycles. The van der Waals surface area contributed by atoms with Gasteiger partial charge in [0.1, 0.15) is 11.9 Å². The lowest BCUT2D eigenvalue weighted by Gasteiger charge is -2.30. The normalized spacial score (nSPS) is 12.3. The van der Waals surface area contributed by atoms with Gasteiger partial charge in [-0.3, -0.25) is 13.9 Å². The number of sulfonamides is 1. The summed E-state index contributed by atoms with van der Waals surface area (Å²) in [5.74, 6) is -1.21. The van der Waals surface area contributed by atoms with Crippen LogP contribution in [-0.2, 0) is 14.8 Å². The second-order valence-electron chi connectivity index (χ2n) is 6.09. The van der Waals surface area contributed by atoms with Gasteiger partial charge in [-0.25, -0.2) is 12.8 Å². The van der Waals surface area contributed by atoms with E-state index in [-0.39, 0.29) is 17.9 Å². The molecule has 1 unspecified atom stereocenters. The Hall–Kier alpha value is -2.74. The minimum Gasteiger partial charge on any atom is -0.324 e. The highest BCUT2D eigenvalue weighted by molar-refractivity contribution is 7.92. The van der Waals surface area contributed by atoms with E-state index in [1.165, 1.54) is 25.1 Å². The SMILES string of the molecule is CCC(C(=O)Nc1cccc(C(C)=O)c1)N(c1ccc(F)cc1)S(C)(=O)=O. The van der Waals surface area contributed by atoms with E-state index in [1.807, 2.05) is 0 Å². The Kier molecular flexibility index (Phi) is 6.32. The van der Waals surface area contributed by atoms with Crippen LogP contribution in [0.15, 0.2) is 48.5 Å². The maximum atomic E-state index is 13.2. The van der Waals surface area contributed by atoms with Crippen LogP contribution in [0.2, 0.25) is 0 Å². The van der Waals surface area contributed by atoms with Crippen LogP contribution < -0.4 is 9.62 Å². The van der Waals surface area contributed by atoms with Crippen molar-refractivity contribution in [1.29, 1.82) is 0 Å². The van der Waals surface area contributed by atoms with Gasteiger partial charge in [0.05, 0.1) is 11.9 Å². The van der Waals surface area contributed by atoms with Crippen molar-refractivity contribution in [2.75, 3.05) is 15.9 Å². The van der Waals surface area contributed by atoms with E-state index in [1.54, 1.807) is 25.1 Å². The Bertz CT molecular complexity index is 942. The van der Waals surface area contributed by atoms with Crippen LogP contribution in [0.5, 0.6) is 0 Å². The third-order valence-electron chi connectivity index (χ3n) is 3.95. The molecule has 0 fully saturated rings. The van der Waals surface area contributed by atoms with Gasteiger partial charge in [-0.05, 0) is 49.7 Å². The number of Topliss-reactive ketones (excluding diaryl/α,β-unsaturated/α-hetero) is 1. The quantitative estimate of drug-likeness (QED) is 0.734. The molecule has 0 saturated carbocycles. The van der Waals surface area contributed by atoms with Gasteiger partial charge in [0.2, 0.25) is 15.9 Å². The van der Waals surface area contributed by atoms with Crippen LogP contribution >= 0.6 is 0 Å². The first-order valence-corrected chi connectivity index (χ1v) is 10.1. The number of anilines is 2. The summed E-state index contributed by atoms with van der Waals surface area (Å²) in [7, 11) is -3.81. The second kappa shape index (κ2) is 8.30. The molecular weight excluding hydrogens is 371 g/mol. The molecular formula is C19H21FN2O4S. The van der Waals surface area contributed by atoms with E-state index in [0.717, 1.165) is 22.7 Å². The van der Waals surface area contributed by atoms with Crippen molar-refractivity contribution >= 4 is 33.1 Å². The molecule has 0 saturated heterocycles. The van der Waals surface area contributed by atoms with Gasteiger partial charge in [0.25, 0.3) is 0 Å². The summed E-state index contributed by atoms with van der Waals surface area (Å²) in [6.07, 6.45) is 1.19. The number of nitrogens with zero attached hydrogens (tertiary/aromatic N) is 1. The van der Waals surface area contributed by atoms with Crippen LogP contribution in [0.3, 0.4) is 0 Å². The molecule has 1 N–H and O–H groups in total. The molecule has 2 aromatic rings. The maximum Gasteiger partial charge on any atom is 0.248 e. The molecule has 27 heavy (non-hydrogen) atoms. The van der Waals surface area contributed by atoms with Crippen LogP contribution in [0.4, 0.5) is 15.8 Å². The molecule has 2 rings (SSSR count). The Labute approximate surface area is 158 Å². The zero-order valence-electron chi connectivity index (χ0n) is 15.3. The van der Waals surface area contributed by atoms with E-state index < -0.39 is 27.8 Å². The number of rotatable bonds is 7. The van der Waals surface area contributed by atoms with Gasteiger partial charge in [-0.2, -0.15) is 0 Å². The smallest absolute Gasteiger partial charge is 0.248 e. The number of carbonyl (C=O) groups excluding carboxylic acids is 2. The average Bonchev–Trinajstić information content (AvgIpc) is 2.59. The minimum absolute atomic E-state index is 0.151. The fraction of sp³-hybridized carbons (Fsp3) is 0.263. The van der Waals surface area contributed by atoms with E-state index in [4.69, 9.17) is 0 Å². The Morgan fingerprint density at radius 1 is 1.15 bits per heavy atom. The summed E-state index contributed by atoms with van der Waals surface area (Å²) in [5.41, 5.74) is 1.01. The topological polar surface area (TPSA) is 83.6 Å². The van der Waals surface area contributed by atoms with Crippen LogP contribution in [0, 0.1) is 5.82 Å². The summed E-state index contributed by atoms with van der Waals surface area (Å²) in [6.45, 7) is 3.09. The predicted molar refractivity (Wildman–Crippen MR) is 103 cm³/mol. The van der Waals surface area contributed by atoms with E-state index >= 15 is 0 Å². The summed E-state index contributed by atoms with van der Waals surface area (Å²) in [5, 5.41) is 2.65. The Morgan fingerprint density at radius 3 is 2.30 bits per heavy atom. The first-order valence-electron chi connectivity index (χ1n) is 8.30. The predicted octanol–water partition coefficient (Wildman–Crippen LogP) is 3.21. The second-order valence-corrected chi connectivity index (χ2v) is 7.94. The van der Waals surface area contributed by atoms with Crippen molar-refractivity contribution in [3.8, 4) is 0 Å². The maximum absolute atomic E-state index is 13.2. The number of hydrogen-bond acceptors (Lipinski definition) is 4. The highest BCUT2D eigenvalue weighted by Gasteiger charge is 2.31. The van der Waals surface area contributed by atoms with Gasteiger partial charge in [0.15, 0.2) is 5.78 Å². The van der Waals surface area contributed by atoms with Crippen LogP contribution in [0.1, 0.15) is 30.6 Å². The van der Waals surface area contributed by atoms with E-state index in [9.17, 15) is 22.4 Å². The van der Waals surface area contributed by atoms with E-state index in [2.05, 4.69) is 5.32 Å². The summed E-state index contributed by atoms with van der Waals surface area (Å²) in [6, 6.07) is 10.2. The molecule has 8 heteroatoms. The number of nitrogens with one attached hydrogen (secondary N) is 1. The minimum atomic E-state index is -3.81. The molecule has 1 atom stereocenters. The average molecular weight is 392 g/mol. The number of ketones is 1. The molecule has 1 amide bonds. The standard InChI is InChI=1S/C19H21FN2O4S/c1-4-18(19(24)21-16-7-5-6-14(12-16)13(2)23)22(27(3,25)26)17-10-8-15(20)9-11-17/h5-12,18H,4H2,1-3H3,(H,21,24). The molecule has 6 nitrogen and oxygen atoms in total. The monoisotopic (exact) mass is 392 g/mol. The molecule has 0 aliphatic rings. The molecule has 0 bridgehead atoms. The van der Waals surface area contributed by atoms with Crippen molar-refractivity contribution in [3.05, 3.63) is 59.9 Å². The zero-order chi connectivity index (χ0) is 20.2. The fourth-order valence-electron chi connectivity index (χ4n) is 2.69. The largest absolute Gasteiger partial charge is 0.324 e. The van der Waals surface area contributed by atoms with Crippen molar-refractivity contribution in [1.82, 2.24) is 0 Å². The Balaban J connectivity index is 2.36. The summed E-state index contributed by atoms with van der Waals surface area (Å²) in [4.78, 5) is 24.3. The molecule has 2 aromatic carbocycles. The highest BCUT2D eigenvalue weighted by Crippen LogP contribution is 2.24. The molecule has 0 spiro atoms. The number of halogens is 1. The lowest BCUT2D eigenvalue weighted by atomic mass is 10.1. The molecule has 0 aliphatic carbocycles. The van der Waals surface area contributed by atoms with Gasteiger partial charge < -0.3 is 5.32 Å². The highest BCUT2D eigenvalue weighted by atomic mass is 32.2. The van der Waals surface area contributed by atoms with Crippen molar-refractivity contribution in [3.63, 3.8) is 0 Å². The molecule has 144 valence electrons. The van der Waals surface area contributed by atoms with Crippen molar-refractivity contribution in [2.45, 2.75) is 26.3 Å². The summed E-state index contributed by atoms with van der Waals surface area (Å²) < 4.78 is 38.8. The third-order valence-corrected chi connectivity index (χ3v) is 5.13. The van der Waals surface area contributed by atoms with Crippen molar-refractivity contribution < 1.29 is 22.4 Å². The zero-order valence-corrected chi connectivity index (χ0v) is 16.1. The van der Waals surface area contributed by atoms with Gasteiger partial charge in [-0.15, -0.1) is 0 Å². The number of carbonyl (C=O) groups is 2. The molecule has 0 aromatic heterocycles. The first kappa shape index (κ1) is 20.6. The number of amides is 1. The lowest BCUT2D eigenvalue weighted by molar-refractivity contribution is -0.117. The van der Waals surface area contributed by atoms with Gasteiger partial charge in [0, 0.05) is 11.3 Å². The number of benzene rings is 2. The molecule has 0 radical (unpaired) electrons. The first-order chi connectivity index (χ1) is 12.6. The van der Waals surface area contributed by atoms with Crippen LogP contribution in [-0.4, -0.2) is 32.4 Å². The Morgan fingerprint density at radius 2 is 1.78 bits per heavy atom. The number of hydrogen-bond donors (Lipinski definition) is 1. The van der Waals surface area contributed by atoms with Crippen molar-refractivity contribution in [2.24, 2.45) is 0 Å².